The molecule has 0 bridgehead atoms. The van der Waals surface area contributed by atoms with E-state index in [1.807, 2.05) is 84.9 Å². The maximum absolute atomic E-state index is 6.38. The van der Waals surface area contributed by atoms with Gasteiger partial charge in [0.2, 0.25) is 0 Å². The molecule has 0 atom stereocenters. The van der Waals surface area contributed by atoms with Gasteiger partial charge < -0.3 is 8.83 Å². The number of hydrogen-bond acceptors (Lipinski definition) is 10. The van der Waals surface area contributed by atoms with Gasteiger partial charge in [-0.15, -0.1) is 0 Å². The van der Waals surface area contributed by atoms with Crippen molar-refractivity contribution in [3.8, 4) is 124 Å². The Kier molecular flexibility index (Phi) is 15.6. The Labute approximate surface area is 620 Å². The topological polar surface area (TPSA) is 129 Å². The quantitative estimate of drug-likeness (QED) is 0.115. The number of aromatic nitrogens is 8. The normalized spacial score (nSPS) is 11.5. The van der Waals surface area contributed by atoms with E-state index in [2.05, 4.69) is 279 Å². The number of pyridine rings is 2. The second kappa shape index (κ2) is 26.8. The Morgan fingerprint density at radius 2 is 0.417 bits per heavy atom. The Balaban J connectivity index is 0.000000143. The number of furan rings is 2. The Morgan fingerprint density at radius 3 is 0.769 bits per heavy atom. The minimum atomic E-state index is 0.572. The van der Waals surface area contributed by atoms with Crippen LogP contribution in [0.15, 0.2) is 373 Å². The molecule has 0 saturated carbocycles. The molecule has 6 aromatic heterocycles. The minimum absolute atomic E-state index is 0.572. The summed E-state index contributed by atoms with van der Waals surface area (Å²) in [5.74, 6) is 3.58. The Bertz CT molecular complexity index is 6930. The molecule has 108 heavy (non-hydrogen) atoms. The van der Waals surface area contributed by atoms with E-state index in [0.717, 1.165) is 177 Å². The predicted octanol–water partition coefficient (Wildman–Crippen LogP) is 25.3. The number of rotatable bonds is 11. The second-order valence-corrected chi connectivity index (χ2v) is 26.9. The van der Waals surface area contributed by atoms with Gasteiger partial charge in [-0.2, -0.15) is 0 Å². The lowest BCUT2D eigenvalue weighted by molar-refractivity contribution is 0.669. The third-order valence-corrected chi connectivity index (χ3v) is 20.2. The molecule has 504 valence electrons. The van der Waals surface area contributed by atoms with Crippen molar-refractivity contribution in [3.63, 3.8) is 0 Å². The first kappa shape index (κ1) is 63.0. The summed E-state index contributed by atoms with van der Waals surface area (Å²) in [6.45, 7) is 0. The van der Waals surface area contributed by atoms with E-state index in [0.29, 0.717) is 34.9 Å². The van der Waals surface area contributed by atoms with E-state index in [-0.39, 0.29) is 0 Å². The van der Waals surface area contributed by atoms with Gasteiger partial charge in [0.05, 0.1) is 22.4 Å². The highest BCUT2D eigenvalue weighted by atomic mass is 16.3. The first-order valence-electron chi connectivity index (χ1n) is 36.0. The zero-order valence-corrected chi connectivity index (χ0v) is 58.0. The van der Waals surface area contributed by atoms with Crippen LogP contribution in [0.1, 0.15) is 0 Å². The van der Waals surface area contributed by atoms with Gasteiger partial charge >= 0.3 is 0 Å². The average molecular weight is 1380 g/mol. The summed E-state index contributed by atoms with van der Waals surface area (Å²) in [6.07, 6.45) is 0. The summed E-state index contributed by atoms with van der Waals surface area (Å²) in [6, 6.07) is 125. The molecular weight excluding hydrogens is 1320 g/mol. The lowest BCUT2D eigenvalue weighted by Gasteiger charge is -2.13. The monoisotopic (exact) mass is 1380 g/mol. The van der Waals surface area contributed by atoms with Crippen LogP contribution in [0.3, 0.4) is 0 Å². The van der Waals surface area contributed by atoms with Crippen LogP contribution in [0.2, 0.25) is 0 Å². The summed E-state index contributed by atoms with van der Waals surface area (Å²) < 4.78 is 12.7. The van der Waals surface area contributed by atoms with Crippen molar-refractivity contribution in [1.29, 1.82) is 0 Å². The molecule has 0 amide bonds. The van der Waals surface area contributed by atoms with Crippen molar-refractivity contribution in [2.75, 3.05) is 0 Å². The SMILES string of the molecule is c1ccc(-c2cccc(-c3nc(-c4cccc(-c5ccccc5)c4)nc(-c4ccc5c(c4)nc(-c4ccccc4)c4ccc6oc7ccccc7c6c45)n3)c2)cc1.c1ccc(-c2cccc(-c3nc(-c4ccccc4)nc(-c4ccc5c(c4)nc(-c4ccccc4)c4ccc6oc7ccccc7c6c45)n3)c2)cc1. The maximum atomic E-state index is 6.38. The molecule has 6 heterocycles. The van der Waals surface area contributed by atoms with Gasteiger partial charge in [0.1, 0.15) is 22.3 Å². The van der Waals surface area contributed by atoms with E-state index < -0.39 is 0 Å². The van der Waals surface area contributed by atoms with E-state index >= 15 is 0 Å². The van der Waals surface area contributed by atoms with Crippen LogP contribution in [-0.4, -0.2) is 39.9 Å². The van der Waals surface area contributed by atoms with Crippen LogP contribution in [0, 0.1) is 0 Å². The van der Waals surface area contributed by atoms with Crippen LogP contribution < -0.4 is 0 Å². The van der Waals surface area contributed by atoms with Crippen LogP contribution >= 0.6 is 0 Å². The van der Waals surface area contributed by atoms with Gasteiger partial charge in [-0.3, -0.25) is 0 Å². The van der Waals surface area contributed by atoms with Crippen LogP contribution in [0.5, 0.6) is 0 Å². The number of hydrogen-bond donors (Lipinski definition) is 0. The molecule has 0 unspecified atom stereocenters. The molecule has 10 nitrogen and oxygen atoms in total. The van der Waals surface area contributed by atoms with Crippen molar-refractivity contribution in [2.45, 2.75) is 0 Å². The van der Waals surface area contributed by atoms with Crippen molar-refractivity contribution in [1.82, 2.24) is 39.9 Å². The largest absolute Gasteiger partial charge is 0.456 e. The molecule has 0 fully saturated rings. The van der Waals surface area contributed by atoms with Gasteiger partial charge in [0, 0.05) is 98.4 Å². The number of fused-ring (bicyclic) bond motifs is 14. The molecule has 0 aliphatic heterocycles. The smallest absolute Gasteiger partial charge is 0.164 e. The highest BCUT2D eigenvalue weighted by Gasteiger charge is 2.23. The fourth-order valence-corrected chi connectivity index (χ4v) is 15.0. The van der Waals surface area contributed by atoms with Gasteiger partial charge in [0.15, 0.2) is 34.9 Å². The first-order valence-corrected chi connectivity index (χ1v) is 36.0. The Hall–Kier alpha value is -14.7. The molecule has 10 heteroatoms. The second-order valence-electron chi connectivity index (χ2n) is 26.9. The predicted molar refractivity (Wildman–Crippen MR) is 440 cm³/mol. The minimum Gasteiger partial charge on any atom is -0.456 e. The summed E-state index contributed by atoms with van der Waals surface area (Å²) in [4.78, 5) is 41.4. The van der Waals surface area contributed by atoms with Crippen LogP contribution in [0.25, 0.3) is 211 Å². The fraction of sp³-hybridized carbons (Fsp3) is 0. The number of nitrogens with zero attached hydrogens (tertiary/aromatic N) is 8. The molecule has 0 aliphatic carbocycles. The van der Waals surface area contributed by atoms with E-state index in [9.17, 15) is 0 Å². The summed E-state index contributed by atoms with van der Waals surface area (Å²) in [5, 5.41) is 10.8. The zero-order valence-electron chi connectivity index (χ0n) is 58.0. The highest BCUT2D eigenvalue weighted by Crippen LogP contribution is 2.45. The van der Waals surface area contributed by atoms with Gasteiger partial charge in [-0.1, -0.05) is 297 Å². The molecule has 21 rings (SSSR count). The van der Waals surface area contributed by atoms with E-state index in [1.165, 1.54) is 0 Å². The third-order valence-electron chi connectivity index (χ3n) is 20.2. The average Bonchev–Trinajstić information content (AvgIpc) is 1.45. The summed E-state index contributed by atoms with van der Waals surface area (Å²) >= 11 is 0. The summed E-state index contributed by atoms with van der Waals surface area (Å²) in [5.41, 5.74) is 21.1. The Morgan fingerprint density at radius 1 is 0.148 bits per heavy atom. The van der Waals surface area contributed by atoms with Crippen molar-refractivity contribution in [2.24, 2.45) is 0 Å². The zero-order chi connectivity index (χ0) is 71.4. The van der Waals surface area contributed by atoms with Crippen molar-refractivity contribution < 1.29 is 8.83 Å². The van der Waals surface area contributed by atoms with E-state index in [4.69, 9.17) is 48.7 Å². The number of para-hydroxylation sites is 2. The van der Waals surface area contributed by atoms with Gasteiger partial charge in [-0.25, -0.2) is 39.9 Å². The standard InChI is InChI=1S/C52H32N4O.C46H28N4O/c1-4-14-33(15-5-1)36-20-12-22-38(30-36)50-54-51(39-23-13-21-37(31-39)34-16-6-2-7-17-34)56-52(55-50)40-26-27-41-44(32-40)53-49(35-18-8-3-9-19-35)43-28-29-46-48(47(41)43)42-24-10-11-25-45(42)57-46;1-4-13-29(14-5-1)32-19-12-20-33(27-32)45-48-44(31-17-8-3-9-18-31)49-46(50-45)34-23-24-35-38(28-34)47-43(30-15-6-2-7-16-30)37-25-26-40-42(41(35)37)36-21-10-11-22-39(36)51-40/h1-32H;1-28H. The van der Waals surface area contributed by atoms with Crippen LogP contribution in [-0.2, 0) is 0 Å². The fourth-order valence-electron chi connectivity index (χ4n) is 15.0. The first-order chi connectivity index (χ1) is 53.5. The molecule has 0 radical (unpaired) electrons. The molecule has 0 saturated heterocycles. The lowest BCUT2D eigenvalue weighted by atomic mass is 9.95. The van der Waals surface area contributed by atoms with Crippen molar-refractivity contribution >= 4 is 87.2 Å². The molecule has 0 aliphatic rings. The maximum Gasteiger partial charge on any atom is 0.164 e. The van der Waals surface area contributed by atoms with Gasteiger partial charge in [0.25, 0.3) is 0 Å². The highest BCUT2D eigenvalue weighted by molar-refractivity contribution is 6.30. The third kappa shape index (κ3) is 11.6. The van der Waals surface area contributed by atoms with Crippen LogP contribution in [0.4, 0.5) is 0 Å². The molecule has 0 spiro atoms. The molecule has 0 N–H and O–H groups in total. The van der Waals surface area contributed by atoms with E-state index in [1.54, 1.807) is 0 Å². The molecular formula is C98H60N8O2. The molecule has 15 aromatic carbocycles. The molecule has 21 aromatic rings. The lowest BCUT2D eigenvalue weighted by Crippen LogP contribution is -2.01. The van der Waals surface area contributed by atoms with Crippen molar-refractivity contribution in [3.05, 3.63) is 364 Å². The summed E-state index contributed by atoms with van der Waals surface area (Å²) in [7, 11) is 0. The number of benzene rings is 15. The van der Waals surface area contributed by atoms with Gasteiger partial charge in [-0.05, 0) is 100 Å².